The molecule has 24 heavy (non-hydrogen) atoms. The molecule has 6 nitrogen and oxygen atoms in total. The molecule has 2 bridgehead atoms. The van der Waals surface area contributed by atoms with Crippen molar-refractivity contribution in [3.8, 4) is 0 Å². The summed E-state index contributed by atoms with van der Waals surface area (Å²) in [5.74, 6) is 3.21. The largest absolute Gasteiger partial charge is 0.351 e. The Hall–Kier alpha value is -1.76. The van der Waals surface area contributed by atoms with E-state index in [2.05, 4.69) is 20.4 Å². The van der Waals surface area contributed by atoms with Crippen LogP contribution in [0.15, 0.2) is 16.2 Å². The Balaban J connectivity index is 1.35. The van der Waals surface area contributed by atoms with Crippen molar-refractivity contribution in [1.29, 1.82) is 0 Å². The van der Waals surface area contributed by atoms with Crippen LogP contribution in [0.5, 0.6) is 0 Å². The summed E-state index contributed by atoms with van der Waals surface area (Å²) >= 11 is 1.57. The van der Waals surface area contributed by atoms with Crippen LogP contribution >= 0.6 is 11.3 Å². The molecule has 0 aromatic carbocycles. The van der Waals surface area contributed by atoms with Crippen LogP contribution in [0.1, 0.15) is 60.5 Å². The van der Waals surface area contributed by atoms with Crippen LogP contribution in [0, 0.1) is 17.8 Å². The zero-order valence-corrected chi connectivity index (χ0v) is 14.2. The molecule has 2 aromatic rings. The van der Waals surface area contributed by atoms with E-state index < -0.39 is 0 Å². The molecule has 0 aliphatic heterocycles. The fourth-order valence-corrected chi connectivity index (χ4v) is 5.07. The molecule has 0 spiro atoms. The topological polar surface area (TPSA) is 80.9 Å². The Bertz CT molecular complexity index is 740. The zero-order chi connectivity index (χ0) is 16.1. The SMILES string of the molecule is O=C(NCc1cncs1)[C@H]1[C@H]2CC[C@H](C2)[C@@H]1c1nc(C2CC2)no1. The van der Waals surface area contributed by atoms with E-state index in [0.717, 1.165) is 36.4 Å². The Morgan fingerprint density at radius 2 is 2.17 bits per heavy atom. The highest BCUT2D eigenvalue weighted by Gasteiger charge is 2.53. The second-order valence-corrected chi connectivity index (χ2v) is 8.31. The molecule has 126 valence electrons. The Kier molecular flexibility index (Phi) is 3.43. The second kappa shape index (κ2) is 5.65. The zero-order valence-electron chi connectivity index (χ0n) is 13.4. The van der Waals surface area contributed by atoms with Gasteiger partial charge in [-0.2, -0.15) is 4.98 Å². The van der Waals surface area contributed by atoms with Gasteiger partial charge in [-0.25, -0.2) is 0 Å². The van der Waals surface area contributed by atoms with E-state index in [1.165, 1.54) is 6.42 Å². The van der Waals surface area contributed by atoms with Gasteiger partial charge in [0.05, 0.1) is 23.9 Å². The second-order valence-electron chi connectivity index (χ2n) is 7.34. The minimum absolute atomic E-state index is 0.0239. The quantitative estimate of drug-likeness (QED) is 0.902. The summed E-state index contributed by atoms with van der Waals surface area (Å²) in [4.78, 5) is 22.6. The van der Waals surface area contributed by atoms with Gasteiger partial charge in [-0.05, 0) is 43.9 Å². The Morgan fingerprint density at radius 1 is 1.29 bits per heavy atom. The lowest BCUT2D eigenvalue weighted by Gasteiger charge is -2.27. The maximum absolute atomic E-state index is 12.9. The number of aromatic nitrogens is 3. The van der Waals surface area contributed by atoms with E-state index in [4.69, 9.17) is 4.52 Å². The first-order chi connectivity index (χ1) is 11.8. The molecule has 0 saturated heterocycles. The van der Waals surface area contributed by atoms with Crippen LogP contribution in [0.2, 0.25) is 0 Å². The Morgan fingerprint density at radius 3 is 2.96 bits per heavy atom. The lowest BCUT2D eigenvalue weighted by atomic mass is 9.78. The van der Waals surface area contributed by atoms with Crippen molar-refractivity contribution < 1.29 is 9.32 Å². The maximum Gasteiger partial charge on any atom is 0.230 e. The van der Waals surface area contributed by atoms with Crippen molar-refractivity contribution in [3.63, 3.8) is 0 Å². The van der Waals surface area contributed by atoms with E-state index in [1.54, 1.807) is 16.8 Å². The average molecular weight is 344 g/mol. The van der Waals surface area contributed by atoms with Gasteiger partial charge >= 0.3 is 0 Å². The molecule has 1 amide bonds. The number of carbonyl (C=O) groups is 1. The smallest absolute Gasteiger partial charge is 0.230 e. The fraction of sp³-hybridized carbons (Fsp3) is 0.647. The van der Waals surface area contributed by atoms with Crippen molar-refractivity contribution >= 4 is 17.2 Å². The third-order valence-electron chi connectivity index (χ3n) is 5.82. The molecular formula is C17H20N4O2S. The molecule has 2 heterocycles. The van der Waals surface area contributed by atoms with Crippen molar-refractivity contribution in [2.24, 2.45) is 17.8 Å². The van der Waals surface area contributed by atoms with Gasteiger partial charge in [-0.15, -0.1) is 11.3 Å². The molecule has 1 N–H and O–H groups in total. The number of nitrogens with zero attached hydrogens (tertiary/aromatic N) is 3. The van der Waals surface area contributed by atoms with Crippen LogP contribution in [0.25, 0.3) is 0 Å². The van der Waals surface area contributed by atoms with E-state index in [1.807, 2.05) is 6.20 Å². The number of amides is 1. The maximum atomic E-state index is 12.9. The number of thiazole rings is 1. The lowest BCUT2D eigenvalue weighted by Crippen LogP contribution is -2.37. The number of fused-ring (bicyclic) bond motifs is 2. The summed E-state index contributed by atoms with van der Waals surface area (Å²) in [5.41, 5.74) is 1.79. The van der Waals surface area contributed by atoms with Crippen molar-refractivity contribution in [2.45, 2.75) is 50.5 Å². The molecule has 4 atom stereocenters. The minimum Gasteiger partial charge on any atom is -0.351 e. The van der Waals surface area contributed by atoms with Crippen LogP contribution in [0.4, 0.5) is 0 Å². The number of rotatable bonds is 5. The van der Waals surface area contributed by atoms with Crippen molar-refractivity contribution in [1.82, 2.24) is 20.4 Å². The number of carbonyl (C=O) groups excluding carboxylic acids is 1. The Labute approximate surface area is 144 Å². The van der Waals surface area contributed by atoms with Gasteiger partial charge in [0.2, 0.25) is 11.8 Å². The molecule has 3 aliphatic carbocycles. The van der Waals surface area contributed by atoms with Gasteiger partial charge in [0.1, 0.15) is 0 Å². The highest BCUT2D eigenvalue weighted by Crippen LogP contribution is 2.56. The first-order valence-electron chi connectivity index (χ1n) is 8.78. The molecule has 7 heteroatoms. The highest BCUT2D eigenvalue weighted by atomic mass is 32.1. The van der Waals surface area contributed by atoms with E-state index in [0.29, 0.717) is 30.2 Å². The van der Waals surface area contributed by atoms with Gasteiger partial charge in [-0.1, -0.05) is 5.16 Å². The predicted octanol–water partition coefficient (Wildman–Crippen LogP) is 2.85. The molecule has 3 aliphatic rings. The highest BCUT2D eigenvalue weighted by molar-refractivity contribution is 7.09. The van der Waals surface area contributed by atoms with E-state index in [-0.39, 0.29) is 17.7 Å². The number of hydrogen-bond acceptors (Lipinski definition) is 6. The van der Waals surface area contributed by atoms with Gasteiger partial charge < -0.3 is 9.84 Å². The predicted molar refractivity (Wildman–Crippen MR) is 87.3 cm³/mol. The summed E-state index contributed by atoms with van der Waals surface area (Å²) in [6.45, 7) is 0.557. The average Bonchev–Trinajstić information content (AvgIpc) is 3.08. The van der Waals surface area contributed by atoms with Crippen molar-refractivity contribution in [2.75, 3.05) is 0 Å². The van der Waals surface area contributed by atoms with Crippen LogP contribution in [-0.2, 0) is 11.3 Å². The molecule has 0 unspecified atom stereocenters. The van der Waals surface area contributed by atoms with Gasteiger partial charge in [0, 0.05) is 17.0 Å². The number of hydrogen-bond donors (Lipinski definition) is 1. The first kappa shape index (κ1) is 14.6. The summed E-state index contributed by atoms with van der Waals surface area (Å²) < 4.78 is 5.58. The van der Waals surface area contributed by atoms with E-state index in [9.17, 15) is 4.79 Å². The van der Waals surface area contributed by atoms with Gasteiger partial charge in [0.15, 0.2) is 5.82 Å². The van der Waals surface area contributed by atoms with Crippen LogP contribution in [0.3, 0.4) is 0 Å². The van der Waals surface area contributed by atoms with Crippen LogP contribution in [-0.4, -0.2) is 21.0 Å². The summed E-state index contributed by atoms with van der Waals surface area (Å²) in [6.07, 6.45) is 7.56. The molecule has 0 radical (unpaired) electrons. The van der Waals surface area contributed by atoms with Crippen LogP contribution < -0.4 is 5.32 Å². The fourth-order valence-electron chi connectivity index (χ4n) is 4.54. The standard InChI is InChI=1S/C17H20N4O2S/c22-16(19-7-12-6-18-8-24-12)13-10-3-4-11(5-10)14(13)17-20-15(21-23-17)9-1-2-9/h6,8-11,13-14H,1-5,7H2,(H,19,22)/t10-,11+,13-,14-/m0/s1. The summed E-state index contributed by atoms with van der Waals surface area (Å²) in [5, 5.41) is 7.26. The third-order valence-corrected chi connectivity index (χ3v) is 6.60. The molecule has 2 aromatic heterocycles. The molecule has 5 rings (SSSR count). The van der Waals surface area contributed by atoms with Gasteiger partial charge in [-0.3, -0.25) is 9.78 Å². The first-order valence-corrected chi connectivity index (χ1v) is 9.66. The van der Waals surface area contributed by atoms with Gasteiger partial charge in [0.25, 0.3) is 0 Å². The van der Waals surface area contributed by atoms with E-state index >= 15 is 0 Å². The summed E-state index contributed by atoms with van der Waals surface area (Å²) in [6, 6.07) is 0. The lowest BCUT2D eigenvalue weighted by molar-refractivity contribution is -0.127. The number of nitrogens with one attached hydrogen (secondary N) is 1. The minimum atomic E-state index is -0.0239. The molecular weight excluding hydrogens is 324 g/mol. The summed E-state index contributed by atoms with van der Waals surface area (Å²) in [7, 11) is 0. The third kappa shape index (κ3) is 2.46. The molecule has 3 fully saturated rings. The monoisotopic (exact) mass is 344 g/mol. The molecule has 3 saturated carbocycles. The van der Waals surface area contributed by atoms with Crippen molar-refractivity contribution in [3.05, 3.63) is 28.3 Å². The normalized spacial score (nSPS) is 31.5.